The molecule has 1 rings (SSSR count). The topological polar surface area (TPSA) is 49.4 Å². The van der Waals surface area contributed by atoms with Crippen molar-refractivity contribution >= 4 is 11.8 Å². The standard InChI is InChI=1S/C12H22N2O2/c1-5-9-11(16)13-8-10(15)14(9)7-6-12(2,3)4/h9H,5-8H2,1-4H3,(H,13,16). The molecule has 0 saturated carbocycles. The molecule has 0 aromatic carbocycles. The molecule has 4 heteroatoms. The number of amides is 2. The van der Waals surface area contributed by atoms with Gasteiger partial charge >= 0.3 is 0 Å². The minimum Gasteiger partial charge on any atom is -0.345 e. The summed E-state index contributed by atoms with van der Waals surface area (Å²) in [6.45, 7) is 9.19. The van der Waals surface area contributed by atoms with Crippen LogP contribution in [0.15, 0.2) is 0 Å². The van der Waals surface area contributed by atoms with Crippen molar-refractivity contribution in [1.29, 1.82) is 0 Å². The van der Waals surface area contributed by atoms with Crippen LogP contribution in [-0.4, -0.2) is 35.8 Å². The molecule has 0 aliphatic carbocycles. The third kappa shape index (κ3) is 3.22. The summed E-state index contributed by atoms with van der Waals surface area (Å²) in [7, 11) is 0. The molecule has 1 N–H and O–H groups in total. The zero-order valence-electron chi connectivity index (χ0n) is 10.7. The van der Waals surface area contributed by atoms with Crippen molar-refractivity contribution < 1.29 is 9.59 Å². The van der Waals surface area contributed by atoms with E-state index in [1.807, 2.05) is 6.92 Å². The molecule has 1 fully saturated rings. The first-order valence-corrected chi connectivity index (χ1v) is 5.92. The highest BCUT2D eigenvalue weighted by Crippen LogP contribution is 2.21. The Hall–Kier alpha value is -1.06. The van der Waals surface area contributed by atoms with Gasteiger partial charge in [0.2, 0.25) is 11.8 Å². The van der Waals surface area contributed by atoms with E-state index in [0.29, 0.717) is 13.0 Å². The average molecular weight is 226 g/mol. The Bertz CT molecular complexity index is 281. The number of hydrogen-bond donors (Lipinski definition) is 1. The molecule has 0 spiro atoms. The van der Waals surface area contributed by atoms with Crippen LogP contribution in [0.5, 0.6) is 0 Å². The molecular formula is C12H22N2O2. The summed E-state index contributed by atoms with van der Waals surface area (Å²) >= 11 is 0. The van der Waals surface area contributed by atoms with Gasteiger partial charge in [0.1, 0.15) is 6.04 Å². The SMILES string of the molecule is CCC1C(=O)NCC(=O)N1CCC(C)(C)C. The van der Waals surface area contributed by atoms with Crippen molar-refractivity contribution in [2.45, 2.75) is 46.6 Å². The highest BCUT2D eigenvalue weighted by Gasteiger charge is 2.33. The van der Waals surface area contributed by atoms with Crippen LogP contribution in [-0.2, 0) is 9.59 Å². The molecule has 92 valence electrons. The molecule has 16 heavy (non-hydrogen) atoms. The summed E-state index contributed by atoms with van der Waals surface area (Å²) in [6.07, 6.45) is 1.60. The van der Waals surface area contributed by atoms with Crippen LogP contribution >= 0.6 is 0 Å². The van der Waals surface area contributed by atoms with Crippen molar-refractivity contribution in [2.75, 3.05) is 13.1 Å². The van der Waals surface area contributed by atoms with Crippen molar-refractivity contribution in [3.63, 3.8) is 0 Å². The molecule has 1 atom stereocenters. The molecule has 1 saturated heterocycles. The highest BCUT2D eigenvalue weighted by molar-refractivity contribution is 5.94. The van der Waals surface area contributed by atoms with Crippen LogP contribution in [0.2, 0.25) is 0 Å². The summed E-state index contributed by atoms with van der Waals surface area (Å²) in [6, 6.07) is -0.274. The number of rotatable bonds is 3. The number of carbonyl (C=O) groups excluding carboxylic acids is 2. The maximum absolute atomic E-state index is 11.7. The molecule has 1 heterocycles. The predicted octanol–water partition coefficient (Wildman–Crippen LogP) is 1.16. The maximum Gasteiger partial charge on any atom is 0.243 e. The van der Waals surface area contributed by atoms with Crippen LogP contribution in [0.25, 0.3) is 0 Å². The van der Waals surface area contributed by atoms with Gasteiger partial charge < -0.3 is 10.2 Å². The second-order valence-electron chi connectivity index (χ2n) is 5.54. The minimum atomic E-state index is -0.274. The first kappa shape index (κ1) is 13.0. The minimum absolute atomic E-state index is 0.0176. The largest absolute Gasteiger partial charge is 0.345 e. The van der Waals surface area contributed by atoms with Gasteiger partial charge in [0.25, 0.3) is 0 Å². The molecule has 0 radical (unpaired) electrons. The van der Waals surface area contributed by atoms with E-state index in [9.17, 15) is 9.59 Å². The van der Waals surface area contributed by atoms with Gasteiger partial charge in [-0.25, -0.2) is 0 Å². The van der Waals surface area contributed by atoms with Gasteiger partial charge in [-0.05, 0) is 18.3 Å². The Labute approximate surface area is 97.4 Å². The number of nitrogens with one attached hydrogen (secondary N) is 1. The van der Waals surface area contributed by atoms with Gasteiger partial charge in [0, 0.05) is 6.54 Å². The summed E-state index contributed by atoms with van der Waals surface area (Å²) in [4.78, 5) is 25.1. The molecule has 2 amide bonds. The van der Waals surface area contributed by atoms with Gasteiger partial charge in [-0.15, -0.1) is 0 Å². The Balaban J connectivity index is 2.65. The lowest BCUT2D eigenvalue weighted by molar-refractivity contribution is -0.146. The van der Waals surface area contributed by atoms with Crippen LogP contribution < -0.4 is 5.32 Å². The summed E-state index contributed by atoms with van der Waals surface area (Å²) in [5.74, 6) is 0.0201. The predicted molar refractivity (Wildman–Crippen MR) is 62.9 cm³/mol. The summed E-state index contributed by atoms with van der Waals surface area (Å²) < 4.78 is 0. The fourth-order valence-corrected chi connectivity index (χ4v) is 1.84. The van der Waals surface area contributed by atoms with E-state index >= 15 is 0 Å². The first-order valence-electron chi connectivity index (χ1n) is 5.92. The number of piperazine rings is 1. The molecule has 1 aliphatic heterocycles. The summed E-state index contributed by atoms with van der Waals surface area (Å²) in [5, 5.41) is 2.63. The normalized spacial score (nSPS) is 22.2. The second-order valence-corrected chi connectivity index (χ2v) is 5.54. The number of nitrogens with zero attached hydrogens (tertiary/aromatic N) is 1. The van der Waals surface area contributed by atoms with Crippen LogP contribution in [0.3, 0.4) is 0 Å². The first-order chi connectivity index (χ1) is 7.35. The van der Waals surface area contributed by atoms with Gasteiger partial charge in [-0.3, -0.25) is 9.59 Å². The third-order valence-electron chi connectivity index (χ3n) is 2.90. The Morgan fingerprint density at radius 2 is 2.00 bits per heavy atom. The van der Waals surface area contributed by atoms with Crippen molar-refractivity contribution in [3.05, 3.63) is 0 Å². The van der Waals surface area contributed by atoms with Gasteiger partial charge in [0.05, 0.1) is 6.54 Å². The van der Waals surface area contributed by atoms with E-state index in [1.165, 1.54) is 0 Å². The Kier molecular flexibility index (Phi) is 3.94. The second kappa shape index (κ2) is 4.85. The van der Waals surface area contributed by atoms with Crippen LogP contribution in [0.4, 0.5) is 0 Å². The maximum atomic E-state index is 11.7. The highest BCUT2D eigenvalue weighted by atomic mass is 16.2. The van der Waals surface area contributed by atoms with Crippen molar-refractivity contribution in [2.24, 2.45) is 5.41 Å². The quantitative estimate of drug-likeness (QED) is 0.785. The van der Waals surface area contributed by atoms with Gasteiger partial charge in [-0.1, -0.05) is 27.7 Å². The fourth-order valence-electron chi connectivity index (χ4n) is 1.84. The molecule has 1 aliphatic rings. The van der Waals surface area contributed by atoms with Crippen molar-refractivity contribution in [1.82, 2.24) is 10.2 Å². The Morgan fingerprint density at radius 3 is 2.50 bits per heavy atom. The lowest BCUT2D eigenvalue weighted by Gasteiger charge is -2.36. The number of hydrogen-bond acceptors (Lipinski definition) is 2. The lowest BCUT2D eigenvalue weighted by atomic mass is 9.91. The third-order valence-corrected chi connectivity index (χ3v) is 2.90. The van der Waals surface area contributed by atoms with E-state index in [0.717, 1.165) is 6.42 Å². The Morgan fingerprint density at radius 1 is 1.38 bits per heavy atom. The zero-order chi connectivity index (χ0) is 12.3. The molecule has 4 nitrogen and oxygen atoms in total. The van der Waals surface area contributed by atoms with E-state index in [1.54, 1.807) is 4.90 Å². The van der Waals surface area contributed by atoms with Crippen LogP contribution in [0, 0.1) is 5.41 Å². The molecular weight excluding hydrogens is 204 g/mol. The molecule has 1 unspecified atom stereocenters. The van der Waals surface area contributed by atoms with Crippen molar-refractivity contribution in [3.8, 4) is 0 Å². The van der Waals surface area contributed by atoms with Gasteiger partial charge in [-0.2, -0.15) is 0 Å². The van der Waals surface area contributed by atoms with E-state index in [2.05, 4.69) is 26.1 Å². The molecule has 0 aromatic heterocycles. The lowest BCUT2D eigenvalue weighted by Crippen LogP contribution is -2.58. The molecule has 0 bridgehead atoms. The average Bonchev–Trinajstić information content (AvgIpc) is 2.17. The summed E-state index contributed by atoms with van der Waals surface area (Å²) in [5.41, 5.74) is 0.187. The van der Waals surface area contributed by atoms with Gasteiger partial charge in [0.15, 0.2) is 0 Å². The zero-order valence-corrected chi connectivity index (χ0v) is 10.7. The smallest absolute Gasteiger partial charge is 0.243 e. The number of carbonyl (C=O) groups is 2. The monoisotopic (exact) mass is 226 g/mol. The van der Waals surface area contributed by atoms with Crippen LogP contribution in [0.1, 0.15) is 40.5 Å². The fraction of sp³-hybridized carbons (Fsp3) is 0.833. The molecule has 0 aromatic rings. The van der Waals surface area contributed by atoms with E-state index in [4.69, 9.17) is 0 Å². The van der Waals surface area contributed by atoms with E-state index < -0.39 is 0 Å². The van der Waals surface area contributed by atoms with E-state index in [-0.39, 0.29) is 29.8 Å².